The van der Waals surface area contributed by atoms with E-state index < -0.39 is 9.84 Å². The fraction of sp³-hybridized carbons (Fsp3) is 0.900. The topological polar surface area (TPSA) is 79.8 Å². The minimum absolute atomic E-state index is 0. The molecule has 0 fully saturated rings. The lowest BCUT2D eigenvalue weighted by Crippen LogP contribution is -2.37. The van der Waals surface area contributed by atoms with Crippen LogP contribution in [-0.2, 0) is 14.6 Å². The Morgan fingerprint density at radius 1 is 1.17 bits per heavy atom. The maximum Gasteiger partial charge on any atom is 0.191 e. The molecule has 0 aliphatic rings. The molecule has 6 nitrogen and oxygen atoms in total. The number of nitrogens with one attached hydrogen (secondary N) is 2. The fourth-order valence-corrected chi connectivity index (χ4v) is 1.46. The molecule has 0 aliphatic heterocycles. The third-order valence-corrected chi connectivity index (χ3v) is 2.70. The maximum atomic E-state index is 10.8. The summed E-state index contributed by atoms with van der Waals surface area (Å²) in [5.74, 6) is 0.811. The number of ether oxygens (including phenoxy) is 1. The van der Waals surface area contributed by atoms with E-state index >= 15 is 0 Å². The second kappa shape index (κ2) is 12.0. The third kappa shape index (κ3) is 14.0. The van der Waals surface area contributed by atoms with Gasteiger partial charge in [-0.05, 0) is 13.8 Å². The lowest BCUT2D eigenvalue weighted by molar-refractivity contribution is 0.157. The van der Waals surface area contributed by atoms with Crippen LogP contribution < -0.4 is 10.6 Å². The maximum absolute atomic E-state index is 10.8. The lowest BCUT2D eigenvalue weighted by Gasteiger charge is -2.09. The Hall–Kier alpha value is -0.0900. The van der Waals surface area contributed by atoms with Crippen molar-refractivity contribution in [3.8, 4) is 0 Å². The summed E-state index contributed by atoms with van der Waals surface area (Å²) in [4.78, 5) is 4.26. The summed E-state index contributed by atoms with van der Waals surface area (Å²) in [6, 6.07) is 0. The summed E-state index contributed by atoms with van der Waals surface area (Å²) in [5.41, 5.74) is 0. The molecule has 2 N–H and O–H groups in total. The van der Waals surface area contributed by atoms with E-state index in [2.05, 4.69) is 15.6 Å². The first-order chi connectivity index (χ1) is 7.99. The highest BCUT2D eigenvalue weighted by molar-refractivity contribution is 14.0. The van der Waals surface area contributed by atoms with Gasteiger partial charge >= 0.3 is 0 Å². The van der Waals surface area contributed by atoms with Gasteiger partial charge in [-0.3, -0.25) is 4.99 Å². The first-order valence-corrected chi connectivity index (χ1v) is 7.83. The molecule has 0 saturated heterocycles. The number of guanidine groups is 1. The molecule has 0 heterocycles. The average molecular weight is 393 g/mol. The number of halogens is 1. The number of rotatable bonds is 8. The van der Waals surface area contributed by atoms with Crippen LogP contribution in [0.25, 0.3) is 0 Å². The predicted octanol–water partition coefficient (Wildman–Crippen LogP) is 0.241. The Balaban J connectivity index is 0. The molecule has 0 amide bonds. The zero-order valence-electron chi connectivity index (χ0n) is 11.2. The molecular weight excluding hydrogens is 369 g/mol. The summed E-state index contributed by atoms with van der Waals surface area (Å²) in [7, 11) is -2.93. The molecule has 0 unspecified atom stereocenters. The molecule has 18 heavy (non-hydrogen) atoms. The van der Waals surface area contributed by atoms with Gasteiger partial charge in [-0.2, -0.15) is 0 Å². The summed E-state index contributed by atoms with van der Waals surface area (Å²) < 4.78 is 26.8. The van der Waals surface area contributed by atoms with Crippen LogP contribution in [0.15, 0.2) is 4.99 Å². The van der Waals surface area contributed by atoms with Gasteiger partial charge in [-0.25, -0.2) is 8.42 Å². The second-order valence-corrected chi connectivity index (χ2v) is 5.79. The molecular formula is C10H24IN3O3S. The van der Waals surface area contributed by atoms with Crippen molar-refractivity contribution < 1.29 is 13.2 Å². The van der Waals surface area contributed by atoms with Crippen LogP contribution in [0.5, 0.6) is 0 Å². The van der Waals surface area contributed by atoms with Crippen LogP contribution in [0.4, 0.5) is 0 Å². The van der Waals surface area contributed by atoms with Gasteiger partial charge in [0.2, 0.25) is 0 Å². The van der Waals surface area contributed by atoms with E-state index in [4.69, 9.17) is 4.74 Å². The number of nitrogens with zero attached hydrogens (tertiary/aromatic N) is 1. The smallest absolute Gasteiger partial charge is 0.191 e. The summed E-state index contributed by atoms with van der Waals surface area (Å²) in [6.07, 6.45) is 1.20. The molecule has 0 aromatic rings. The van der Waals surface area contributed by atoms with Gasteiger partial charge in [0.15, 0.2) is 5.96 Å². The van der Waals surface area contributed by atoms with Crippen LogP contribution in [0.1, 0.15) is 13.8 Å². The SMILES string of the molecule is CCNC(=NCCOCCS(C)(=O)=O)NCC.I. The molecule has 0 aliphatic carbocycles. The Kier molecular flexibility index (Phi) is 13.5. The van der Waals surface area contributed by atoms with Crippen LogP contribution in [0.3, 0.4) is 0 Å². The molecule has 110 valence electrons. The van der Waals surface area contributed by atoms with Gasteiger partial charge < -0.3 is 15.4 Å². The number of hydrogen-bond donors (Lipinski definition) is 2. The largest absolute Gasteiger partial charge is 0.378 e. The van der Waals surface area contributed by atoms with Crippen molar-refractivity contribution in [3.63, 3.8) is 0 Å². The van der Waals surface area contributed by atoms with Crippen LogP contribution >= 0.6 is 24.0 Å². The molecule has 0 rings (SSSR count). The molecule has 0 spiro atoms. The van der Waals surface area contributed by atoms with Gasteiger partial charge in [0.25, 0.3) is 0 Å². The molecule has 0 atom stereocenters. The van der Waals surface area contributed by atoms with E-state index in [1.54, 1.807) is 0 Å². The van der Waals surface area contributed by atoms with Gasteiger partial charge in [0.05, 0.1) is 25.5 Å². The molecule has 0 bridgehead atoms. The first kappa shape index (κ1) is 20.2. The van der Waals surface area contributed by atoms with Crippen molar-refractivity contribution >= 4 is 39.8 Å². The highest BCUT2D eigenvalue weighted by Crippen LogP contribution is 1.84. The van der Waals surface area contributed by atoms with Crippen LogP contribution in [-0.4, -0.2) is 59.2 Å². The van der Waals surface area contributed by atoms with Crippen LogP contribution in [0.2, 0.25) is 0 Å². The number of hydrogen-bond acceptors (Lipinski definition) is 4. The van der Waals surface area contributed by atoms with Crippen molar-refractivity contribution in [2.24, 2.45) is 4.99 Å². The van der Waals surface area contributed by atoms with Gasteiger partial charge in [0.1, 0.15) is 9.84 Å². The van der Waals surface area contributed by atoms with Crippen LogP contribution in [0, 0.1) is 0 Å². The van der Waals surface area contributed by atoms with Crippen molar-refractivity contribution in [1.29, 1.82) is 0 Å². The molecule has 8 heteroatoms. The Morgan fingerprint density at radius 2 is 1.72 bits per heavy atom. The molecule has 0 aromatic heterocycles. The number of sulfone groups is 1. The molecule has 0 saturated carbocycles. The Morgan fingerprint density at radius 3 is 2.17 bits per heavy atom. The third-order valence-electron chi connectivity index (χ3n) is 1.79. The zero-order valence-corrected chi connectivity index (χ0v) is 14.4. The molecule has 0 aromatic carbocycles. The summed E-state index contributed by atoms with van der Waals surface area (Å²) in [6.45, 7) is 6.77. The highest BCUT2D eigenvalue weighted by atomic mass is 127. The van der Waals surface area contributed by atoms with Gasteiger partial charge in [-0.15, -0.1) is 24.0 Å². The van der Waals surface area contributed by atoms with Crippen molar-refractivity contribution in [2.75, 3.05) is 44.9 Å². The summed E-state index contributed by atoms with van der Waals surface area (Å²) in [5, 5.41) is 6.17. The zero-order chi connectivity index (χ0) is 13.1. The normalized spacial score (nSPS) is 10.4. The van der Waals surface area contributed by atoms with Crippen molar-refractivity contribution in [1.82, 2.24) is 10.6 Å². The molecule has 0 radical (unpaired) electrons. The predicted molar refractivity (Wildman–Crippen MR) is 85.6 cm³/mol. The van der Waals surface area contributed by atoms with E-state index in [0.717, 1.165) is 19.0 Å². The monoisotopic (exact) mass is 393 g/mol. The van der Waals surface area contributed by atoms with Gasteiger partial charge in [-0.1, -0.05) is 0 Å². The van der Waals surface area contributed by atoms with Gasteiger partial charge in [0, 0.05) is 19.3 Å². The Labute approximate surface area is 127 Å². The average Bonchev–Trinajstić information content (AvgIpc) is 2.22. The van der Waals surface area contributed by atoms with E-state index in [1.807, 2.05) is 13.8 Å². The lowest BCUT2D eigenvalue weighted by atomic mass is 10.6. The number of aliphatic imine (C=N–C) groups is 1. The Bertz CT molecular complexity index is 312. The summed E-state index contributed by atoms with van der Waals surface area (Å²) >= 11 is 0. The van der Waals surface area contributed by atoms with E-state index in [1.165, 1.54) is 6.26 Å². The minimum Gasteiger partial charge on any atom is -0.378 e. The van der Waals surface area contributed by atoms with E-state index in [9.17, 15) is 8.42 Å². The van der Waals surface area contributed by atoms with Crippen molar-refractivity contribution in [2.45, 2.75) is 13.8 Å². The minimum atomic E-state index is -2.93. The standard InChI is InChI=1S/C10H23N3O3S.HI/c1-4-11-10(12-5-2)13-6-7-16-8-9-17(3,14)15;/h4-9H2,1-3H3,(H2,11,12,13);1H. The quantitative estimate of drug-likeness (QED) is 0.267. The highest BCUT2D eigenvalue weighted by Gasteiger charge is 2.00. The fourth-order valence-electron chi connectivity index (χ4n) is 1.04. The second-order valence-electron chi connectivity index (χ2n) is 3.53. The van der Waals surface area contributed by atoms with Crippen molar-refractivity contribution in [3.05, 3.63) is 0 Å². The van der Waals surface area contributed by atoms with E-state index in [-0.39, 0.29) is 36.3 Å². The first-order valence-electron chi connectivity index (χ1n) is 5.77. The van der Waals surface area contributed by atoms with E-state index in [0.29, 0.717) is 13.2 Å².